The molecule has 1 aliphatic heterocycles. The van der Waals surface area contributed by atoms with Crippen molar-refractivity contribution < 1.29 is 4.74 Å². The zero-order chi connectivity index (χ0) is 9.26. The van der Waals surface area contributed by atoms with Crippen molar-refractivity contribution in [3.63, 3.8) is 0 Å². The lowest BCUT2D eigenvalue weighted by Crippen LogP contribution is -2.41. The summed E-state index contributed by atoms with van der Waals surface area (Å²) in [5.41, 5.74) is 1.30. The minimum absolute atomic E-state index is 0.245. The van der Waals surface area contributed by atoms with E-state index < -0.39 is 0 Å². The molecule has 2 aliphatic rings. The molecule has 0 radical (unpaired) electrons. The Morgan fingerprint density at radius 3 is 3.23 bits per heavy atom. The van der Waals surface area contributed by atoms with E-state index in [0.29, 0.717) is 12.1 Å². The van der Waals surface area contributed by atoms with Crippen molar-refractivity contribution in [1.29, 1.82) is 0 Å². The number of rotatable bonds is 0. The van der Waals surface area contributed by atoms with Gasteiger partial charge in [-0.2, -0.15) is 0 Å². The summed E-state index contributed by atoms with van der Waals surface area (Å²) in [7, 11) is 0. The number of nitrogens with one attached hydrogen (secondary N) is 1. The van der Waals surface area contributed by atoms with Crippen LogP contribution in [-0.2, 0) is 4.74 Å². The van der Waals surface area contributed by atoms with Crippen LogP contribution < -0.4 is 5.32 Å². The lowest BCUT2D eigenvalue weighted by Gasteiger charge is -2.24. The Bertz CT molecular complexity index is 244. The zero-order valence-corrected chi connectivity index (χ0v) is 8.29. The Morgan fingerprint density at radius 1 is 1.54 bits per heavy atom. The molecule has 3 atom stereocenters. The Hall–Kier alpha value is -0.600. The van der Waals surface area contributed by atoms with Gasteiger partial charge in [-0.3, -0.25) is 0 Å². The molecule has 1 fully saturated rings. The van der Waals surface area contributed by atoms with E-state index in [-0.39, 0.29) is 6.10 Å². The topological polar surface area (TPSA) is 21.3 Å². The molecule has 0 aromatic heterocycles. The summed E-state index contributed by atoms with van der Waals surface area (Å²) in [4.78, 5) is 0. The number of allylic oxidation sites excluding steroid dienone is 2. The number of ether oxygens (including phenoxy) is 1. The monoisotopic (exact) mass is 179 g/mol. The molecule has 1 saturated heterocycles. The van der Waals surface area contributed by atoms with Crippen LogP contribution in [0.5, 0.6) is 0 Å². The lowest BCUT2D eigenvalue weighted by molar-refractivity contribution is 0.0845. The normalized spacial score (nSPS) is 39.2. The van der Waals surface area contributed by atoms with Crippen LogP contribution in [0.3, 0.4) is 0 Å². The van der Waals surface area contributed by atoms with Crippen molar-refractivity contribution in [2.75, 3.05) is 6.61 Å². The third-order valence-electron chi connectivity index (χ3n) is 2.69. The van der Waals surface area contributed by atoms with Gasteiger partial charge in [-0.15, -0.1) is 0 Å². The minimum atomic E-state index is 0.245. The molecule has 2 nitrogen and oxygen atoms in total. The predicted molar refractivity (Wildman–Crippen MR) is 53.6 cm³/mol. The Balaban J connectivity index is 2.11. The Labute approximate surface area is 79.7 Å². The van der Waals surface area contributed by atoms with Gasteiger partial charge in [0.2, 0.25) is 0 Å². The van der Waals surface area contributed by atoms with E-state index >= 15 is 0 Å². The summed E-state index contributed by atoms with van der Waals surface area (Å²) >= 11 is 0. The number of fused-ring (bicyclic) bond motifs is 1. The molecule has 0 bridgehead atoms. The van der Waals surface area contributed by atoms with Crippen LogP contribution >= 0.6 is 0 Å². The van der Waals surface area contributed by atoms with Crippen molar-refractivity contribution in [3.8, 4) is 0 Å². The molecule has 1 N–H and O–H groups in total. The van der Waals surface area contributed by atoms with Crippen molar-refractivity contribution in [3.05, 3.63) is 23.8 Å². The van der Waals surface area contributed by atoms with Gasteiger partial charge in [0.25, 0.3) is 0 Å². The fraction of sp³-hybridized carbons (Fsp3) is 0.636. The van der Waals surface area contributed by atoms with Crippen molar-refractivity contribution in [2.24, 2.45) is 0 Å². The van der Waals surface area contributed by atoms with Gasteiger partial charge in [0.05, 0.1) is 12.1 Å². The lowest BCUT2D eigenvalue weighted by atomic mass is 10.0. The van der Waals surface area contributed by atoms with Gasteiger partial charge in [-0.1, -0.05) is 23.8 Å². The Morgan fingerprint density at radius 2 is 2.38 bits per heavy atom. The zero-order valence-electron chi connectivity index (χ0n) is 8.29. The van der Waals surface area contributed by atoms with Gasteiger partial charge in [0.1, 0.15) is 0 Å². The fourth-order valence-corrected chi connectivity index (χ4v) is 1.88. The van der Waals surface area contributed by atoms with Crippen LogP contribution in [0, 0.1) is 0 Å². The summed E-state index contributed by atoms with van der Waals surface area (Å²) in [6, 6.07) is 0.938. The van der Waals surface area contributed by atoms with Crippen LogP contribution in [0.4, 0.5) is 0 Å². The molecule has 3 unspecified atom stereocenters. The average molecular weight is 179 g/mol. The van der Waals surface area contributed by atoms with Crippen LogP contribution in [0.1, 0.15) is 20.3 Å². The standard InChI is InChI=1S/C11H17NO/c1-8-3-4-10-11(7-8)13-6-5-9(2)12-10/h3-4,7,9-12H,5-6H2,1-2H3. The first kappa shape index (κ1) is 8.97. The third-order valence-corrected chi connectivity index (χ3v) is 2.69. The molecular formula is C11H17NO. The van der Waals surface area contributed by atoms with E-state index in [1.807, 2.05) is 0 Å². The van der Waals surface area contributed by atoms with E-state index in [1.165, 1.54) is 5.57 Å². The second kappa shape index (κ2) is 3.64. The molecule has 0 aromatic carbocycles. The van der Waals surface area contributed by atoms with Gasteiger partial charge in [0.15, 0.2) is 0 Å². The molecule has 1 heterocycles. The second-order valence-corrected chi connectivity index (χ2v) is 3.99. The maximum absolute atomic E-state index is 5.76. The van der Waals surface area contributed by atoms with Crippen LogP contribution in [0.15, 0.2) is 23.8 Å². The SMILES string of the molecule is CC1=CC2OCCC(C)NC2C=C1. The van der Waals surface area contributed by atoms with Crippen molar-refractivity contribution in [1.82, 2.24) is 5.32 Å². The number of hydrogen-bond acceptors (Lipinski definition) is 2. The summed E-state index contributed by atoms with van der Waals surface area (Å²) in [5.74, 6) is 0. The highest BCUT2D eigenvalue weighted by Gasteiger charge is 2.24. The maximum Gasteiger partial charge on any atom is 0.0950 e. The van der Waals surface area contributed by atoms with Crippen molar-refractivity contribution >= 4 is 0 Å². The summed E-state index contributed by atoms with van der Waals surface area (Å²) in [6.07, 6.45) is 7.93. The number of hydrogen-bond donors (Lipinski definition) is 1. The molecule has 2 heteroatoms. The molecule has 1 aliphatic carbocycles. The first-order valence-corrected chi connectivity index (χ1v) is 5.00. The first-order chi connectivity index (χ1) is 6.25. The van der Waals surface area contributed by atoms with E-state index in [9.17, 15) is 0 Å². The summed E-state index contributed by atoms with van der Waals surface area (Å²) < 4.78 is 5.76. The maximum atomic E-state index is 5.76. The largest absolute Gasteiger partial charge is 0.372 e. The summed E-state index contributed by atoms with van der Waals surface area (Å²) in [5, 5.41) is 3.54. The molecule has 72 valence electrons. The highest BCUT2D eigenvalue weighted by Crippen LogP contribution is 2.17. The van der Waals surface area contributed by atoms with Gasteiger partial charge in [-0.25, -0.2) is 0 Å². The first-order valence-electron chi connectivity index (χ1n) is 5.00. The van der Waals surface area contributed by atoms with E-state index in [1.54, 1.807) is 0 Å². The predicted octanol–water partition coefficient (Wildman–Crippen LogP) is 1.64. The molecule has 13 heavy (non-hydrogen) atoms. The molecule has 0 spiro atoms. The highest BCUT2D eigenvalue weighted by molar-refractivity contribution is 5.27. The van der Waals surface area contributed by atoms with Crippen LogP contribution in [0.2, 0.25) is 0 Å². The van der Waals surface area contributed by atoms with E-state index in [4.69, 9.17) is 4.74 Å². The highest BCUT2D eigenvalue weighted by atomic mass is 16.5. The summed E-state index contributed by atoms with van der Waals surface area (Å²) in [6.45, 7) is 5.20. The molecule has 0 aromatic rings. The minimum Gasteiger partial charge on any atom is -0.372 e. The molecule has 2 rings (SSSR count). The van der Waals surface area contributed by atoms with Gasteiger partial charge in [-0.05, 0) is 20.3 Å². The molecule has 0 amide bonds. The molecular weight excluding hydrogens is 162 g/mol. The van der Waals surface area contributed by atoms with Gasteiger partial charge in [0, 0.05) is 12.6 Å². The van der Waals surface area contributed by atoms with Crippen LogP contribution in [0.25, 0.3) is 0 Å². The van der Waals surface area contributed by atoms with Gasteiger partial charge < -0.3 is 10.1 Å². The average Bonchev–Trinajstić information content (AvgIpc) is 2.25. The van der Waals surface area contributed by atoms with E-state index in [2.05, 4.69) is 37.4 Å². The fourth-order valence-electron chi connectivity index (χ4n) is 1.88. The van der Waals surface area contributed by atoms with Gasteiger partial charge >= 0.3 is 0 Å². The molecule has 0 saturated carbocycles. The Kier molecular flexibility index (Phi) is 2.51. The quantitative estimate of drug-likeness (QED) is 0.610. The second-order valence-electron chi connectivity index (χ2n) is 3.99. The van der Waals surface area contributed by atoms with Crippen LogP contribution in [-0.4, -0.2) is 24.8 Å². The smallest absolute Gasteiger partial charge is 0.0950 e. The van der Waals surface area contributed by atoms with E-state index in [0.717, 1.165) is 13.0 Å². The van der Waals surface area contributed by atoms with Crippen molar-refractivity contribution in [2.45, 2.75) is 38.5 Å². The third kappa shape index (κ3) is 2.01.